The lowest BCUT2D eigenvalue weighted by Gasteiger charge is -2.10. The molecule has 0 amide bonds. The van der Waals surface area contributed by atoms with Crippen LogP contribution in [0.15, 0.2) is 16.7 Å². The van der Waals surface area contributed by atoms with Crippen LogP contribution in [0.25, 0.3) is 0 Å². The molecule has 0 fully saturated rings. The van der Waals surface area contributed by atoms with E-state index in [4.69, 9.17) is 14.5 Å². The Kier molecular flexibility index (Phi) is 4.04. The summed E-state index contributed by atoms with van der Waals surface area (Å²) in [6.07, 6.45) is 0. The highest BCUT2D eigenvalue weighted by Crippen LogP contribution is 2.25. The van der Waals surface area contributed by atoms with Gasteiger partial charge in [-0.3, -0.25) is 0 Å². The Bertz CT molecular complexity index is 630. The summed E-state index contributed by atoms with van der Waals surface area (Å²) in [5.41, 5.74) is 2.48. The summed E-state index contributed by atoms with van der Waals surface area (Å²) in [5, 5.41) is 12.8. The Labute approximate surface area is 118 Å². The van der Waals surface area contributed by atoms with Crippen LogP contribution in [0.5, 0.6) is 5.75 Å². The Balaban J connectivity index is 2.13. The maximum atomic E-state index is 8.92. The van der Waals surface area contributed by atoms with Crippen LogP contribution in [-0.2, 0) is 6.61 Å². The van der Waals surface area contributed by atoms with Gasteiger partial charge in [-0.15, -0.1) is 0 Å². The fourth-order valence-electron chi connectivity index (χ4n) is 1.94. The third-order valence-electron chi connectivity index (χ3n) is 2.91. The van der Waals surface area contributed by atoms with Crippen LogP contribution in [0.4, 0.5) is 0 Å². The van der Waals surface area contributed by atoms with Gasteiger partial charge in [0.2, 0.25) is 11.7 Å². The molecule has 2 aromatic rings. The predicted molar refractivity (Wildman–Crippen MR) is 73.4 cm³/mol. The largest absolute Gasteiger partial charge is 0.485 e. The Hall–Kier alpha value is -2.35. The molecule has 0 N–H and O–H groups in total. The number of hydrogen-bond acceptors (Lipinski definition) is 5. The smallest absolute Gasteiger partial charge is 0.229 e. The first-order chi connectivity index (χ1) is 9.51. The zero-order chi connectivity index (χ0) is 14.7. The van der Waals surface area contributed by atoms with E-state index in [0.717, 1.165) is 16.9 Å². The lowest BCUT2D eigenvalue weighted by atomic mass is 10.1. The number of rotatable bonds is 4. The molecule has 5 nitrogen and oxygen atoms in total. The molecule has 0 aliphatic rings. The molecule has 0 unspecified atom stereocenters. The predicted octanol–water partition coefficient (Wildman–Crippen LogP) is 3.26. The molecule has 20 heavy (non-hydrogen) atoms. The number of nitriles is 1. The van der Waals surface area contributed by atoms with Crippen molar-refractivity contribution in [2.75, 3.05) is 0 Å². The number of hydrogen-bond donors (Lipinski definition) is 0. The van der Waals surface area contributed by atoms with Crippen LogP contribution >= 0.6 is 0 Å². The van der Waals surface area contributed by atoms with Crippen LogP contribution in [0.1, 0.15) is 48.2 Å². The highest BCUT2D eigenvalue weighted by molar-refractivity contribution is 5.47. The molecule has 5 heteroatoms. The van der Waals surface area contributed by atoms with E-state index in [1.165, 1.54) is 0 Å². The fourth-order valence-corrected chi connectivity index (χ4v) is 1.94. The quantitative estimate of drug-likeness (QED) is 0.853. The van der Waals surface area contributed by atoms with Crippen LogP contribution < -0.4 is 4.74 Å². The molecular weight excluding hydrogens is 254 g/mol. The van der Waals surface area contributed by atoms with Crippen LogP contribution in [-0.4, -0.2) is 10.1 Å². The van der Waals surface area contributed by atoms with Gasteiger partial charge in [0.25, 0.3) is 0 Å². The number of aryl methyl sites for hydroxylation is 2. The van der Waals surface area contributed by atoms with Gasteiger partial charge in [0.05, 0.1) is 11.6 Å². The number of benzene rings is 1. The fraction of sp³-hybridized carbons (Fsp3) is 0.400. The van der Waals surface area contributed by atoms with Gasteiger partial charge in [-0.1, -0.05) is 19.0 Å². The number of ether oxygens (including phenoxy) is 1. The molecule has 0 atom stereocenters. The molecule has 0 aliphatic heterocycles. The van der Waals surface area contributed by atoms with Crippen molar-refractivity contribution >= 4 is 0 Å². The lowest BCUT2D eigenvalue weighted by Crippen LogP contribution is -2.01. The second kappa shape index (κ2) is 5.74. The molecule has 0 spiro atoms. The minimum atomic E-state index is 0.203. The van der Waals surface area contributed by atoms with Crippen molar-refractivity contribution < 1.29 is 9.26 Å². The normalized spacial score (nSPS) is 10.6. The molecule has 0 radical (unpaired) electrons. The highest BCUT2D eigenvalue weighted by atomic mass is 16.5. The minimum Gasteiger partial charge on any atom is -0.485 e. The van der Waals surface area contributed by atoms with Crippen LogP contribution in [0.3, 0.4) is 0 Å². The molecular formula is C15H17N3O2. The number of aromatic nitrogens is 2. The Morgan fingerprint density at radius 2 is 1.95 bits per heavy atom. The zero-order valence-corrected chi connectivity index (χ0v) is 12.1. The van der Waals surface area contributed by atoms with E-state index in [9.17, 15) is 0 Å². The van der Waals surface area contributed by atoms with Gasteiger partial charge in [-0.2, -0.15) is 10.2 Å². The SMILES string of the molecule is Cc1cc(C#N)cc(C)c1OCc1noc(C(C)C)n1. The summed E-state index contributed by atoms with van der Waals surface area (Å²) in [5.74, 6) is 2.10. The van der Waals surface area contributed by atoms with Crippen molar-refractivity contribution in [1.29, 1.82) is 5.26 Å². The lowest BCUT2D eigenvalue weighted by molar-refractivity contribution is 0.281. The van der Waals surface area contributed by atoms with Gasteiger partial charge in [0, 0.05) is 5.92 Å². The Morgan fingerprint density at radius 3 is 2.45 bits per heavy atom. The molecule has 0 saturated carbocycles. The van der Waals surface area contributed by atoms with E-state index >= 15 is 0 Å². The maximum absolute atomic E-state index is 8.92. The maximum Gasteiger partial charge on any atom is 0.229 e. The standard InChI is InChI=1S/C15H17N3O2/c1-9(2)15-17-13(18-20-15)8-19-14-10(3)5-12(7-16)6-11(14)4/h5-6,9H,8H2,1-4H3. The molecule has 1 aromatic heterocycles. The second-order valence-electron chi connectivity index (χ2n) is 5.04. The van der Waals surface area contributed by atoms with E-state index in [-0.39, 0.29) is 12.5 Å². The first-order valence-electron chi connectivity index (χ1n) is 6.48. The first-order valence-corrected chi connectivity index (χ1v) is 6.48. The molecule has 104 valence electrons. The summed E-state index contributed by atoms with van der Waals surface area (Å²) in [7, 11) is 0. The molecule has 1 heterocycles. The third kappa shape index (κ3) is 2.97. The number of nitrogens with zero attached hydrogens (tertiary/aromatic N) is 3. The van der Waals surface area contributed by atoms with E-state index in [1.54, 1.807) is 12.1 Å². The van der Waals surface area contributed by atoms with E-state index in [1.807, 2.05) is 27.7 Å². The van der Waals surface area contributed by atoms with Crippen molar-refractivity contribution in [3.05, 3.63) is 40.5 Å². The first kappa shape index (κ1) is 14.1. The van der Waals surface area contributed by atoms with Crippen molar-refractivity contribution in [2.24, 2.45) is 0 Å². The van der Waals surface area contributed by atoms with E-state index < -0.39 is 0 Å². The van der Waals surface area contributed by atoms with Gasteiger partial charge in [-0.25, -0.2) is 0 Å². The van der Waals surface area contributed by atoms with Crippen molar-refractivity contribution in [3.8, 4) is 11.8 Å². The average Bonchev–Trinajstić information content (AvgIpc) is 2.86. The van der Waals surface area contributed by atoms with Gasteiger partial charge in [0.15, 0.2) is 6.61 Å². The van der Waals surface area contributed by atoms with Crippen molar-refractivity contribution in [1.82, 2.24) is 10.1 Å². The van der Waals surface area contributed by atoms with Crippen LogP contribution in [0.2, 0.25) is 0 Å². The van der Waals surface area contributed by atoms with Gasteiger partial charge < -0.3 is 9.26 Å². The van der Waals surface area contributed by atoms with Gasteiger partial charge in [-0.05, 0) is 37.1 Å². The zero-order valence-electron chi connectivity index (χ0n) is 12.1. The second-order valence-corrected chi connectivity index (χ2v) is 5.04. The summed E-state index contributed by atoms with van der Waals surface area (Å²) in [6.45, 7) is 8.07. The molecule has 0 saturated heterocycles. The minimum absolute atomic E-state index is 0.203. The molecule has 1 aromatic carbocycles. The van der Waals surface area contributed by atoms with E-state index in [2.05, 4.69) is 16.2 Å². The van der Waals surface area contributed by atoms with Gasteiger partial charge in [0.1, 0.15) is 5.75 Å². The van der Waals surface area contributed by atoms with Crippen LogP contribution in [0, 0.1) is 25.2 Å². The highest BCUT2D eigenvalue weighted by Gasteiger charge is 2.12. The monoisotopic (exact) mass is 271 g/mol. The van der Waals surface area contributed by atoms with Crippen molar-refractivity contribution in [2.45, 2.75) is 40.2 Å². The summed E-state index contributed by atoms with van der Waals surface area (Å²) >= 11 is 0. The topological polar surface area (TPSA) is 71.9 Å². The van der Waals surface area contributed by atoms with E-state index in [0.29, 0.717) is 17.3 Å². The molecule has 0 bridgehead atoms. The summed E-state index contributed by atoms with van der Waals surface area (Å²) in [4.78, 5) is 4.26. The Morgan fingerprint density at radius 1 is 1.30 bits per heavy atom. The third-order valence-corrected chi connectivity index (χ3v) is 2.91. The summed E-state index contributed by atoms with van der Waals surface area (Å²) < 4.78 is 10.9. The molecule has 0 aliphatic carbocycles. The molecule has 2 rings (SSSR count). The average molecular weight is 271 g/mol. The van der Waals surface area contributed by atoms with Crippen molar-refractivity contribution in [3.63, 3.8) is 0 Å². The van der Waals surface area contributed by atoms with Gasteiger partial charge >= 0.3 is 0 Å². The summed E-state index contributed by atoms with van der Waals surface area (Å²) in [6, 6.07) is 5.74.